The molecule has 0 bridgehead atoms. The van der Waals surface area contributed by atoms with Crippen LogP contribution in [0.5, 0.6) is 0 Å². The average molecular weight is 387 g/mol. The van der Waals surface area contributed by atoms with Crippen LogP contribution in [0.15, 0.2) is 54.7 Å². The second-order valence-corrected chi connectivity index (χ2v) is 7.34. The summed E-state index contributed by atoms with van der Waals surface area (Å²) in [5.74, 6) is 0.603. The predicted molar refractivity (Wildman–Crippen MR) is 116 cm³/mol. The number of carbonyl (C=O) groups is 1. The number of nitrogen functional groups attached to an aromatic ring is 1. The van der Waals surface area contributed by atoms with Crippen LogP contribution in [-0.4, -0.2) is 33.9 Å². The Labute approximate surface area is 170 Å². The van der Waals surface area contributed by atoms with E-state index in [-0.39, 0.29) is 5.91 Å². The summed E-state index contributed by atoms with van der Waals surface area (Å²) in [6.45, 7) is 3.68. The number of nitrogens with zero attached hydrogens (tertiary/aromatic N) is 3. The van der Waals surface area contributed by atoms with Crippen LogP contribution in [0.2, 0.25) is 0 Å². The molecule has 1 amide bonds. The van der Waals surface area contributed by atoms with Gasteiger partial charge in [0.2, 0.25) is 5.95 Å². The number of likely N-dealkylation sites (tertiary alicyclic amines) is 1. The van der Waals surface area contributed by atoms with E-state index in [1.54, 1.807) is 6.20 Å². The first kappa shape index (κ1) is 18.9. The van der Waals surface area contributed by atoms with Gasteiger partial charge >= 0.3 is 0 Å². The van der Waals surface area contributed by atoms with Gasteiger partial charge in [0, 0.05) is 41.8 Å². The van der Waals surface area contributed by atoms with Gasteiger partial charge in [-0.1, -0.05) is 12.1 Å². The van der Waals surface area contributed by atoms with Gasteiger partial charge in [0.1, 0.15) is 0 Å². The first-order valence-corrected chi connectivity index (χ1v) is 9.97. The van der Waals surface area contributed by atoms with Gasteiger partial charge in [0.25, 0.3) is 5.91 Å². The molecule has 0 aliphatic carbocycles. The zero-order valence-electron chi connectivity index (χ0n) is 16.6. The molecule has 1 saturated heterocycles. The molecule has 0 spiro atoms. The van der Waals surface area contributed by atoms with Crippen LogP contribution >= 0.6 is 0 Å². The summed E-state index contributed by atoms with van der Waals surface area (Å²) < 4.78 is 0. The number of nitrogens with one attached hydrogen (secondary N) is 1. The molecular weight excluding hydrogens is 362 g/mol. The van der Waals surface area contributed by atoms with Crippen molar-refractivity contribution in [3.8, 4) is 11.3 Å². The molecule has 29 heavy (non-hydrogen) atoms. The fraction of sp³-hybridized carbons (Fsp3) is 0.261. The summed E-state index contributed by atoms with van der Waals surface area (Å²) in [5.41, 5.74) is 11.1. The van der Waals surface area contributed by atoms with Gasteiger partial charge in [-0.2, -0.15) is 0 Å². The van der Waals surface area contributed by atoms with Crippen molar-refractivity contribution in [3.63, 3.8) is 0 Å². The molecule has 6 nitrogen and oxygen atoms in total. The highest BCUT2D eigenvalue weighted by molar-refractivity contribution is 5.94. The highest BCUT2D eigenvalue weighted by atomic mass is 16.2. The lowest BCUT2D eigenvalue weighted by Crippen LogP contribution is -2.35. The third kappa shape index (κ3) is 4.21. The van der Waals surface area contributed by atoms with Crippen molar-refractivity contribution >= 4 is 23.2 Å². The van der Waals surface area contributed by atoms with Crippen LogP contribution in [0.4, 0.5) is 17.3 Å². The molecule has 6 heteroatoms. The molecule has 2 aromatic carbocycles. The highest BCUT2D eigenvalue weighted by Gasteiger charge is 2.18. The quantitative estimate of drug-likeness (QED) is 0.648. The second kappa shape index (κ2) is 8.31. The standard InChI is InChI=1S/C23H25N5O/c1-16-19(6-5-7-20(16)24)21-12-13-25-23(27-21)26-18-10-8-17(9-11-18)22(29)28-14-3-2-4-15-28/h5-13H,2-4,14-15,24H2,1H3,(H,25,26,27). The molecule has 0 saturated carbocycles. The minimum Gasteiger partial charge on any atom is -0.398 e. The molecule has 2 heterocycles. The first-order chi connectivity index (χ1) is 14.1. The summed E-state index contributed by atoms with van der Waals surface area (Å²) in [5, 5.41) is 3.22. The number of nitrogens with two attached hydrogens (primary N) is 1. The smallest absolute Gasteiger partial charge is 0.253 e. The lowest BCUT2D eigenvalue weighted by molar-refractivity contribution is 0.0724. The van der Waals surface area contributed by atoms with Crippen molar-refractivity contribution in [1.82, 2.24) is 14.9 Å². The fourth-order valence-corrected chi connectivity index (χ4v) is 3.60. The summed E-state index contributed by atoms with van der Waals surface area (Å²) >= 11 is 0. The highest BCUT2D eigenvalue weighted by Crippen LogP contribution is 2.26. The van der Waals surface area contributed by atoms with Crippen LogP contribution in [0, 0.1) is 6.92 Å². The summed E-state index contributed by atoms with van der Waals surface area (Å²) in [6.07, 6.45) is 5.11. The SMILES string of the molecule is Cc1c(N)cccc1-c1ccnc(Nc2ccc(C(=O)N3CCCCC3)cc2)n1. The van der Waals surface area contributed by atoms with Crippen molar-refractivity contribution in [2.75, 3.05) is 24.1 Å². The van der Waals surface area contributed by atoms with Crippen molar-refractivity contribution in [1.29, 1.82) is 0 Å². The molecular formula is C23H25N5O. The number of aromatic nitrogens is 2. The first-order valence-electron chi connectivity index (χ1n) is 9.97. The molecule has 3 N–H and O–H groups in total. The van der Waals surface area contributed by atoms with Gasteiger partial charge in [0.15, 0.2) is 0 Å². The number of anilines is 3. The Balaban J connectivity index is 1.49. The fourth-order valence-electron chi connectivity index (χ4n) is 3.60. The number of carbonyl (C=O) groups excluding carboxylic acids is 1. The molecule has 1 aliphatic heterocycles. The number of benzene rings is 2. The molecule has 3 aromatic rings. The van der Waals surface area contributed by atoms with E-state index in [0.717, 1.165) is 54.1 Å². The summed E-state index contributed by atoms with van der Waals surface area (Å²) in [4.78, 5) is 23.5. The largest absolute Gasteiger partial charge is 0.398 e. The number of rotatable bonds is 4. The Bertz CT molecular complexity index is 1010. The van der Waals surface area contributed by atoms with E-state index in [1.165, 1.54) is 6.42 Å². The molecule has 1 aliphatic rings. The molecule has 1 aromatic heterocycles. The van der Waals surface area contributed by atoms with Gasteiger partial charge in [-0.15, -0.1) is 0 Å². The molecule has 0 unspecified atom stereocenters. The lowest BCUT2D eigenvalue weighted by Gasteiger charge is -2.26. The topological polar surface area (TPSA) is 84.1 Å². The predicted octanol–water partition coefficient (Wildman–Crippen LogP) is 4.40. The van der Waals surface area contributed by atoms with E-state index in [4.69, 9.17) is 5.73 Å². The van der Waals surface area contributed by atoms with E-state index >= 15 is 0 Å². The zero-order chi connectivity index (χ0) is 20.2. The van der Waals surface area contributed by atoms with Crippen LogP contribution < -0.4 is 11.1 Å². The van der Waals surface area contributed by atoms with Gasteiger partial charge in [-0.05, 0) is 68.1 Å². The Morgan fingerprint density at radius 2 is 1.79 bits per heavy atom. The molecule has 0 radical (unpaired) electrons. The van der Waals surface area contributed by atoms with Crippen molar-refractivity contribution in [3.05, 3.63) is 65.9 Å². The van der Waals surface area contributed by atoms with Gasteiger partial charge in [-0.3, -0.25) is 4.79 Å². The zero-order valence-corrected chi connectivity index (χ0v) is 16.6. The average Bonchev–Trinajstić information content (AvgIpc) is 2.76. The normalized spacial score (nSPS) is 13.9. The maximum atomic E-state index is 12.6. The van der Waals surface area contributed by atoms with Crippen LogP contribution in [0.25, 0.3) is 11.3 Å². The maximum Gasteiger partial charge on any atom is 0.253 e. The minimum atomic E-state index is 0.103. The van der Waals surface area contributed by atoms with Crippen molar-refractivity contribution in [2.45, 2.75) is 26.2 Å². The van der Waals surface area contributed by atoms with Gasteiger partial charge < -0.3 is 16.0 Å². The Morgan fingerprint density at radius 3 is 2.55 bits per heavy atom. The summed E-state index contributed by atoms with van der Waals surface area (Å²) in [6, 6.07) is 15.2. The molecule has 148 valence electrons. The van der Waals surface area contributed by atoms with E-state index in [2.05, 4.69) is 15.3 Å². The number of piperidine rings is 1. The number of hydrogen-bond donors (Lipinski definition) is 2. The van der Waals surface area contributed by atoms with E-state index in [0.29, 0.717) is 11.5 Å². The van der Waals surface area contributed by atoms with Crippen LogP contribution in [0.3, 0.4) is 0 Å². The minimum absolute atomic E-state index is 0.103. The second-order valence-electron chi connectivity index (χ2n) is 7.34. The molecule has 4 rings (SSSR count). The van der Waals surface area contributed by atoms with Gasteiger partial charge in [0.05, 0.1) is 5.69 Å². The maximum absolute atomic E-state index is 12.6. The van der Waals surface area contributed by atoms with Crippen LogP contribution in [-0.2, 0) is 0 Å². The summed E-state index contributed by atoms with van der Waals surface area (Å²) in [7, 11) is 0. The van der Waals surface area contributed by atoms with Crippen molar-refractivity contribution in [2.24, 2.45) is 0 Å². The van der Waals surface area contributed by atoms with E-state index in [9.17, 15) is 4.79 Å². The Hall–Kier alpha value is -3.41. The Kier molecular flexibility index (Phi) is 5.42. The third-order valence-electron chi connectivity index (χ3n) is 5.34. The van der Waals surface area contributed by atoms with E-state index in [1.807, 2.05) is 60.4 Å². The molecule has 1 fully saturated rings. The van der Waals surface area contributed by atoms with Crippen molar-refractivity contribution < 1.29 is 4.79 Å². The number of amides is 1. The third-order valence-corrected chi connectivity index (χ3v) is 5.34. The lowest BCUT2D eigenvalue weighted by atomic mass is 10.0. The Morgan fingerprint density at radius 1 is 1.03 bits per heavy atom. The van der Waals surface area contributed by atoms with E-state index < -0.39 is 0 Å². The van der Waals surface area contributed by atoms with Crippen LogP contribution in [0.1, 0.15) is 35.2 Å². The monoisotopic (exact) mass is 387 g/mol. The van der Waals surface area contributed by atoms with Gasteiger partial charge in [-0.25, -0.2) is 9.97 Å². The molecule has 0 atom stereocenters. The number of hydrogen-bond acceptors (Lipinski definition) is 5.